The number of aliphatic imine (C=N–C) groups is 1. The first kappa shape index (κ1) is 24.3. The monoisotopic (exact) mass is 468 g/mol. The van der Waals surface area contributed by atoms with E-state index in [0.717, 1.165) is 57.3 Å². The van der Waals surface area contributed by atoms with Crippen molar-refractivity contribution in [3.63, 3.8) is 0 Å². The van der Waals surface area contributed by atoms with Gasteiger partial charge < -0.3 is 20.3 Å². The molecule has 1 fully saturated rings. The number of rotatable bonds is 8. The van der Waals surface area contributed by atoms with Gasteiger partial charge in [-0.2, -0.15) is 0 Å². The Morgan fingerprint density at radius 3 is 2.48 bits per heavy atom. The van der Waals surface area contributed by atoms with Crippen LogP contribution < -0.4 is 10.6 Å². The molecule has 0 radical (unpaired) electrons. The summed E-state index contributed by atoms with van der Waals surface area (Å²) in [5.74, 6) is 1.67. The summed E-state index contributed by atoms with van der Waals surface area (Å²) >= 11 is 0. The third-order valence-electron chi connectivity index (χ3n) is 4.17. The van der Waals surface area contributed by atoms with Crippen molar-refractivity contribution in [2.24, 2.45) is 10.9 Å². The third-order valence-corrected chi connectivity index (χ3v) is 4.17. The van der Waals surface area contributed by atoms with Crippen LogP contribution in [-0.4, -0.2) is 55.8 Å². The molecule has 1 rings (SSSR count). The molecule has 0 aromatic heterocycles. The Balaban J connectivity index is 0.00000576. The second kappa shape index (κ2) is 14.4. The van der Waals surface area contributed by atoms with Gasteiger partial charge in [-0.15, -0.1) is 24.0 Å². The Labute approximate surface area is 170 Å². The van der Waals surface area contributed by atoms with Crippen molar-refractivity contribution in [2.75, 3.05) is 32.8 Å². The van der Waals surface area contributed by atoms with E-state index in [4.69, 9.17) is 4.74 Å². The van der Waals surface area contributed by atoms with Crippen LogP contribution in [0.1, 0.15) is 59.8 Å². The number of guanidine groups is 1. The van der Waals surface area contributed by atoms with E-state index in [0.29, 0.717) is 12.6 Å². The minimum atomic E-state index is -0.193. The van der Waals surface area contributed by atoms with Crippen molar-refractivity contribution in [1.82, 2.24) is 15.5 Å². The van der Waals surface area contributed by atoms with Crippen molar-refractivity contribution in [3.05, 3.63) is 0 Å². The lowest BCUT2D eigenvalue weighted by Gasteiger charge is -2.32. The predicted molar refractivity (Wildman–Crippen MR) is 115 cm³/mol. The number of ether oxygens (including phenoxy) is 1. The van der Waals surface area contributed by atoms with E-state index < -0.39 is 0 Å². The van der Waals surface area contributed by atoms with E-state index in [1.54, 1.807) is 4.90 Å². The number of piperidine rings is 1. The molecule has 0 aromatic rings. The Hall–Kier alpha value is -0.730. The number of carbonyl (C=O) groups excluding carboxylic acids is 1. The first-order valence-electron chi connectivity index (χ1n) is 9.53. The largest absolute Gasteiger partial charge is 0.450 e. The highest BCUT2D eigenvalue weighted by Crippen LogP contribution is 2.11. The summed E-state index contributed by atoms with van der Waals surface area (Å²) < 4.78 is 5.06. The molecular formula is C18H37IN4O2. The predicted octanol–water partition coefficient (Wildman–Crippen LogP) is 3.61. The number of nitrogens with zero attached hydrogens (tertiary/aromatic N) is 2. The van der Waals surface area contributed by atoms with Crippen LogP contribution in [-0.2, 0) is 4.74 Å². The summed E-state index contributed by atoms with van der Waals surface area (Å²) in [5, 5.41) is 6.83. The fourth-order valence-corrected chi connectivity index (χ4v) is 2.79. The number of hydrogen-bond acceptors (Lipinski definition) is 3. The van der Waals surface area contributed by atoms with Crippen molar-refractivity contribution < 1.29 is 9.53 Å². The van der Waals surface area contributed by atoms with Gasteiger partial charge in [-0.25, -0.2) is 4.79 Å². The van der Waals surface area contributed by atoms with E-state index >= 15 is 0 Å². The summed E-state index contributed by atoms with van der Waals surface area (Å²) in [7, 11) is 0. The molecule has 148 valence electrons. The van der Waals surface area contributed by atoms with Crippen molar-refractivity contribution >= 4 is 36.0 Å². The normalized spacial score (nSPS) is 15.7. The van der Waals surface area contributed by atoms with Crippen LogP contribution in [0, 0.1) is 5.92 Å². The molecule has 0 spiro atoms. The summed E-state index contributed by atoms with van der Waals surface area (Å²) in [5.41, 5.74) is 0. The second-order valence-corrected chi connectivity index (χ2v) is 6.75. The van der Waals surface area contributed by atoms with E-state index in [9.17, 15) is 4.79 Å². The zero-order valence-corrected chi connectivity index (χ0v) is 18.7. The highest BCUT2D eigenvalue weighted by molar-refractivity contribution is 14.0. The molecule has 7 heteroatoms. The van der Waals surface area contributed by atoms with Gasteiger partial charge >= 0.3 is 6.09 Å². The van der Waals surface area contributed by atoms with Gasteiger partial charge in [0.05, 0.1) is 6.61 Å². The number of likely N-dealkylation sites (tertiary alicyclic amines) is 1. The summed E-state index contributed by atoms with van der Waals surface area (Å²) in [6, 6.07) is 0.365. The number of amides is 1. The number of halogens is 1. The maximum Gasteiger partial charge on any atom is 0.409 e. The van der Waals surface area contributed by atoms with Gasteiger partial charge in [0.1, 0.15) is 0 Å². The number of unbranched alkanes of at least 4 members (excludes halogenated alkanes) is 1. The molecule has 25 heavy (non-hydrogen) atoms. The minimum absolute atomic E-state index is 0. The molecule has 1 aliphatic heterocycles. The average Bonchev–Trinajstić information content (AvgIpc) is 2.55. The van der Waals surface area contributed by atoms with Gasteiger partial charge in [0.2, 0.25) is 0 Å². The molecule has 2 N–H and O–H groups in total. The van der Waals surface area contributed by atoms with Crippen LogP contribution in [0.3, 0.4) is 0 Å². The Morgan fingerprint density at radius 2 is 1.92 bits per heavy atom. The molecule has 1 saturated heterocycles. The molecule has 0 aromatic carbocycles. The first-order valence-corrected chi connectivity index (χ1v) is 9.53. The van der Waals surface area contributed by atoms with Gasteiger partial charge in [0, 0.05) is 32.2 Å². The average molecular weight is 468 g/mol. The Kier molecular flexibility index (Phi) is 14.0. The highest BCUT2D eigenvalue weighted by atomic mass is 127. The molecule has 1 amide bonds. The van der Waals surface area contributed by atoms with E-state index in [-0.39, 0.29) is 30.1 Å². The minimum Gasteiger partial charge on any atom is -0.450 e. The molecule has 0 bridgehead atoms. The van der Waals surface area contributed by atoms with Crippen LogP contribution in [0.4, 0.5) is 4.79 Å². The molecule has 1 aliphatic rings. The Bertz CT molecular complexity index is 383. The fraction of sp³-hybridized carbons (Fsp3) is 0.889. The maximum absolute atomic E-state index is 11.7. The second-order valence-electron chi connectivity index (χ2n) is 6.75. The lowest BCUT2D eigenvalue weighted by molar-refractivity contribution is 0.0963. The Morgan fingerprint density at radius 1 is 1.24 bits per heavy atom. The third kappa shape index (κ3) is 10.8. The van der Waals surface area contributed by atoms with E-state index in [1.807, 2.05) is 6.92 Å². The number of nitrogens with one attached hydrogen (secondary N) is 2. The zero-order chi connectivity index (χ0) is 17.8. The molecule has 0 saturated carbocycles. The van der Waals surface area contributed by atoms with Crippen LogP contribution >= 0.6 is 24.0 Å². The smallest absolute Gasteiger partial charge is 0.409 e. The highest BCUT2D eigenvalue weighted by Gasteiger charge is 2.23. The molecule has 0 aliphatic carbocycles. The van der Waals surface area contributed by atoms with Crippen molar-refractivity contribution in [3.8, 4) is 0 Å². The van der Waals surface area contributed by atoms with Crippen LogP contribution in [0.2, 0.25) is 0 Å². The van der Waals surface area contributed by atoms with Gasteiger partial charge in [-0.3, -0.25) is 4.99 Å². The van der Waals surface area contributed by atoms with Crippen LogP contribution in [0.25, 0.3) is 0 Å². The van der Waals surface area contributed by atoms with Crippen LogP contribution in [0.5, 0.6) is 0 Å². The van der Waals surface area contributed by atoms with Crippen molar-refractivity contribution in [1.29, 1.82) is 0 Å². The fourth-order valence-electron chi connectivity index (χ4n) is 2.79. The standard InChI is InChI=1S/C18H36N4O2.HI/c1-5-19-17(20-12-8-7-9-15(3)4)21-16-10-13-22(14-11-16)18(23)24-6-2;/h15-16H,5-14H2,1-4H3,(H2,19,20,21);1H. The summed E-state index contributed by atoms with van der Waals surface area (Å²) in [6.45, 7) is 12.1. The van der Waals surface area contributed by atoms with Gasteiger partial charge in [0.25, 0.3) is 0 Å². The number of carbonyl (C=O) groups is 1. The van der Waals surface area contributed by atoms with Gasteiger partial charge in [0.15, 0.2) is 5.96 Å². The lowest BCUT2D eigenvalue weighted by atomic mass is 10.1. The first-order chi connectivity index (χ1) is 11.6. The van der Waals surface area contributed by atoms with Gasteiger partial charge in [-0.05, 0) is 39.0 Å². The topological polar surface area (TPSA) is 66.0 Å². The van der Waals surface area contributed by atoms with Crippen LogP contribution in [0.15, 0.2) is 4.99 Å². The summed E-state index contributed by atoms with van der Waals surface area (Å²) in [6.07, 6.45) is 5.30. The molecule has 6 nitrogen and oxygen atoms in total. The SMILES string of the molecule is CCNC(=NCCCCC(C)C)NC1CCN(C(=O)OCC)CC1.I. The number of hydrogen-bond donors (Lipinski definition) is 2. The molecular weight excluding hydrogens is 431 g/mol. The molecule has 1 heterocycles. The quantitative estimate of drug-likeness (QED) is 0.247. The lowest BCUT2D eigenvalue weighted by Crippen LogP contribution is -2.49. The van der Waals surface area contributed by atoms with E-state index in [2.05, 4.69) is 36.4 Å². The molecule has 0 unspecified atom stereocenters. The summed E-state index contributed by atoms with van der Waals surface area (Å²) in [4.78, 5) is 18.2. The zero-order valence-electron chi connectivity index (χ0n) is 16.3. The van der Waals surface area contributed by atoms with Gasteiger partial charge in [-0.1, -0.05) is 26.7 Å². The van der Waals surface area contributed by atoms with E-state index in [1.165, 1.54) is 12.8 Å². The molecule has 0 atom stereocenters. The maximum atomic E-state index is 11.7. The van der Waals surface area contributed by atoms with Crippen molar-refractivity contribution in [2.45, 2.75) is 65.8 Å².